The Morgan fingerprint density at radius 3 is 2.81 bits per heavy atom. The van der Waals surface area contributed by atoms with Crippen molar-refractivity contribution in [2.45, 2.75) is 25.5 Å². The predicted octanol–water partition coefficient (Wildman–Crippen LogP) is 1.76. The van der Waals surface area contributed by atoms with Gasteiger partial charge in [-0.1, -0.05) is 43.3 Å². The molecule has 0 aromatic heterocycles. The van der Waals surface area contributed by atoms with Gasteiger partial charge in [0, 0.05) is 0 Å². The third-order valence-electron chi connectivity index (χ3n) is 3.66. The van der Waals surface area contributed by atoms with E-state index in [2.05, 4.69) is 6.58 Å². The van der Waals surface area contributed by atoms with E-state index in [4.69, 9.17) is 4.74 Å². The number of ether oxygens (including phenoxy) is 1. The molecule has 1 fully saturated rings. The van der Waals surface area contributed by atoms with Gasteiger partial charge < -0.3 is 9.84 Å². The molecule has 5 nitrogen and oxygen atoms in total. The van der Waals surface area contributed by atoms with Gasteiger partial charge in [-0.25, -0.2) is 9.69 Å². The van der Waals surface area contributed by atoms with Crippen LogP contribution in [0.2, 0.25) is 0 Å². The Morgan fingerprint density at radius 1 is 1.52 bits per heavy atom. The molecule has 1 aliphatic rings. The molecule has 1 aromatic rings. The number of hydrogen-bond donors (Lipinski definition) is 1. The van der Waals surface area contributed by atoms with Crippen molar-refractivity contribution in [1.82, 2.24) is 4.90 Å². The normalized spacial score (nSPS) is 20.8. The Bertz CT molecular complexity index is 528. The van der Waals surface area contributed by atoms with Crippen LogP contribution >= 0.6 is 0 Å². The first-order valence-corrected chi connectivity index (χ1v) is 6.89. The molecular formula is C16H19NO4. The van der Waals surface area contributed by atoms with E-state index >= 15 is 0 Å². The van der Waals surface area contributed by atoms with Crippen LogP contribution in [-0.4, -0.2) is 40.8 Å². The number of amides is 2. The van der Waals surface area contributed by atoms with E-state index in [1.54, 1.807) is 6.92 Å². The molecule has 2 rings (SSSR count). The second kappa shape index (κ2) is 6.54. The van der Waals surface area contributed by atoms with E-state index in [0.717, 1.165) is 10.5 Å². The van der Waals surface area contributed by atoms with Crippen molar-refractivity contribution in [2.24, 2.45) is 5.92 Å². The highest BCUT2D eigenvalue weighted by molar-refractivity contribution is 5.95. The fourth-order valence-electron chi connectivity index (χ4n) is 2.34. The molecule has 5 heteroatoms. The van der Waals surface area contributed by atoms with E-state index in [1.165, 1.54) is 6.08 Å². The van der Waals surface area contributed by atoms with Crippen molar-refractivity contribution < 1.29 is 19.4 Å². The summed E-state index contributed by atoms with van der Waals surface area (Å²) >= 11 is 0. The largest absolute Gasteiger partial charge is 0.447 e. The summed E-state index contributed by atoms with van der Waals surface area (Å²) in [6, 6.07) is 9.25. The molecule has 0 bridgehead atoms. The van der Waals surface area contributed by atoms with Crippen molar-refractivity contribution in [3.05, 3.63) is 48.6 Å². The molecule has 1 heterocycles. The van der Waals surface area contributed by atoms with Crippen molar-refractivity contribution in [1.29, 1.82) is 0 Å². The molecule has 21 heavy (non-hydrogen) atoms. The summed E-state index contributed by atoms with van der Waals surface area (Å²) in [5, 5.41) is 9.70. The Hall–Kier alpha value is -2.14. The Kier molecular flexibility index (Phi) is 4.75. The predicted molar refractivity (Wildman–Crippen MR) is 77.5 cm³/mol. The summed E-state index contributed by atoms with van der Waals surface area (Å²) in [5.41, 5.74) is 1.02. The monoisotopic (exact) mass is 289 g/mol. The zero-order valence-electron chi connectivity index (χ0n) is 11.9. The second-order valence-electron chi connectivity index (χ2n) is 5.14. The highest BCUT2D eigenvalue weighted by Crippen LogP contribution is 2.21. The maximum absolute atomic E-state index is 12.4. The molecule has 1 saturated heterocycles. The molecule has 0 spiro atoms. The molecule has 0 radical (unpaired) electrons. The first-order valence-electron chi connectivity index (χ1n) is 6.89. The molecule has 1 aromatic carbocycles. The average Bonchev–Trinajstić information content (AvgIpc) is 2.86. The fraction of sp³-hybridized carbons (Fsp3) is 0.375. The summed E-state index contributed by atoms with van der Waals surface area (Å²) in [7, 11) is 0. The van der Waals surface area contributed by atoms with Crippen molar-refractivity contribution in [3.63, 3.8) is 0 Å². The molecular weight excluding hydrogens is 270 g/mol. The van der Waals surface area contributed by atoms with Crippen LogP contribution in [0.25, 0.3) is 0 Å². The van der Waals surface area contributed by atoms with Gasteiger partial charge in [-0.05, 0) is 12.0 Å². The molecule has 0 saturated carbocycles. The smallest absolute Gasteiger partial charge is 0.416 e. The minimum atomic E-state index is -0.983. The van der Waals surface area contributed by atoms with Crippen molar-refractivity contribution >= 4 is 12.0 Å². The van der Waals surface area contributed by atoms with Crippen LogP contribution in [0.1, 0.15) is 12.5 Å². The number of hydrogen-bond acceptors (Lipinski definition) is 4. The highest BCUT2D eigenvalue weighted by atomic mass is 16.6. The third kappa shape index (κ3) is 3.31. The van der Waals surface area contributed by atoms with Gasteiger partial charge in [0.2, 0.25) is 5.91 Å². The zero-order chi connectivity index (χ0) is 15.4. The lowest BCUT2D eigenvalue weighted by Crippen LogP contribution is -2.45. The van der Waals surface area contributed by atoms with Crippen LogP contribution in [0, 0.1) is 5.92 Å². The molecule has 2 amide bonds. The van der Waals surface area contributed by atoms with Gasteiger partial charge in [-0.2, -0.15) is 0 Å². The van der Waals surface area contributed by atoms with Crippen molar-refractivity contribution in [3.8, 4) is 0 Å². The number of aliphatic hydroxyl groups is 1. The summed E-state index contributed by atoms with van der Waals surface area (Å²) in [4.78, 5) is 25.3. The number of carbonyl (C=O) groups is 2. The number of benzene rings is 1. The van der Waals surface area contributed by atoms with Crippen molar-refractivity contribution in [2.75, 3.05) is 6.61 Å². The summed E-state index contributed by atoms with van der Waals surface area (Å²) < 4.78 is 4.99. The average molecular weight is 289 g/mol. The lowest BCUT2D eigenvalue weighted by Gasteiger charge is -2.24. The minimum absolute atomic E-state index is 0.177. The molecule has 0 unspecified atom stereocenters. The number of cyclic esters (lactones) is 1. The number of nitrogens with zero attached hydrogens (tertiary/aromatic N) is 1. The zero-order valence-corrected chi connectivity index (χ0v) is 11.9. The first kappa shape index (κ1) is 15.3. The lowest BCUT2D eigenvalue weighted by molar-refractivity contribution is -0.135. The number of rotatable bonds is 5. The molecule has 3 atom stereocenters. The molecule has 0 aliphatic carbocycles. The second-order valence-corrected chi connectivity index (χ2v) is 5.14. The minimum Gasteiger partial charge on any atom is -0.447 e. The van der Waals surface area contributed by atoms with E-state index in [-0.39, 0.29) is 12.6 Å². The quantitative estimate of drug-likeness (QED) is 0.839. The summed E-state index contributed by atoms with van der Waals surface area (Å²) in [5.74, 6) is -1.17. The van der Waals surface area contributed by atoms with Crippen LogP contribution in [0.4, 0.5) is 4.79 Å². The van der Waals surface area contributed by atoms with E-state index < -0.39 is 24.0 Å². The van der Waals surface area contributed by atoms with Gasteiger partial charge in [-0.3, -0.25) is 4.79 Å². The van der Waals surface area contributed by atoms with Crippen LogP contribution in [-0.2, 0) is 16.0 Å². The maximum Gasteiger partial charge on any atom is 0.416 e. The van der Waals surface area contributed by atoms with E-state index in [0.29, 0.717) is 6.42 Å². The topological polar surface area (TPSA) is 66.8 Å². The fourth-order valence-corrected chi connectivity index (χ4v) is 2.34. The molecule has 1 aliphatic heterocycles. The number of aliphatic hydroxyl groups excluding tert-OH is 1. The van der Waals surface area contributed by atoms with Gasteiger partial charge in [0.05, 0.1) is 18.1 Å². The highest BCUT2D eigenvalue weighted by Gasteiger charge is 2.40. The Balaban J connectivity index is 2.13. The number of carbonyl (C=O) groups excluding carboxylic acids is 2. The third-order valence-corrected chi connectivity index (χ3v) is 3.66. The van der Waals surface area contributed by atoms with Gasteiger partial charge >= 0.3 is 6.09 Å². The van der Waals surface area contributed by atoms with Crippen LogP contribution in [0.3, 0.4) is 0 Å². The SMILES string of the molecule is C=C[C@H](O)[C@H](C)C(=O)N1C(=O)OC[C@H]1Cc1ccccc1. The van der Waals surface area contributed by atoms with E-state index in [1.807, 2.05) is 30.3 Å². The summed E-state index contributed by atoms with van der Waals surface area (Å²) in [6.45, 7) is 5.21. The van der Waals surface area contributed by atoms with Crippen LogP contribution < -0.4 is 0 Å². The van der Waals surface area contributed by atoms with Gasteiger partial charge in [0.1, 0.15) is 6.61 Å². The van der Waals surface area contributed by atoms with Gasteiger partial charge in [0.25, 0.3) is 0 Å². The Labute approximate surface area is 123 Å². The van der Waals surface area contributed by atoms with Gasteiger partial charge in [-0.15, -0.1) is 6.58 Å². The lowest BCUT2D eigenvalue weighted by atomic mass is 10.0. The van der Waals surface area contributed by atoms with Crippen LogP contribution in [0.15, 0.2) is 43.0 Å². The van der Waals surface area contributed by atoms with Crippen LogP contribution in [0.5, 0.6) is 0 Å². The standard InChI is InChI=1S/C16H19NO4/c1-3-14(18)11(2)15(19)17-13(10-21-16(17)20)9-12-7-5-4-6-8-12/h3-8,11,13-14,18H,1,9-10H2,2H3/t11-,13+,14-/m0/s1. The van der Waals surface area contributed by atoms with E-state index in [9.17, 15) is 14.7 Å². The van der Waals surface area contributed by atoms with Gasteiger partial charge in [0.15, 0.2) is 0 Å². The molecule has 1 N–H and O–H groups in total. The first-order chi connectivity index (χ1) is 10.0. The summed E-state index contributed by atoms with van der Waals surface area (Å²) in [6.07, 6.45) is 0.193. The molecule has 112 valence electrons. The number of imide groups is 1. The Morgan fingerprint density at radius 2 is 2.19 bits per heavy atom. The maximum atomic E-state index is 12.4.